The molecule has 0 aromatic heterocycles. The van der Waals surface area contributed by atoms with E-state index >= 15 is 0 Å². The van der Waals surface area contributed by atoms with E-state index in [1.807, 2.05) is 0 Å². The highest BCUT2D eigenvalue weighted by atomic mass is 16.8. The van der Waals surface area contributed by atoms with Crippen LogP contribution in [0.3, 0.4) is 0 Å². The Hall–Kier alpha value is -0.950. The van der Waals surface area contributed by atoms with Crippen LogP contribution in [0.5, 0.6) is 0 Å². The van der Waals surface area contributed by atoms with Gasteiger partial charge in [-0.2, -0.15) is 5.23 Å². The van der Waals surface area contributed by atoms with E-state index in [9.17, 15) is 10.0 Å². The molecular formula is C6H11NO5. The maximum Gasteiger partial charge on any atom is 0.330 e. The summed E-state index contributed by atoms with van der Waals surface area (Å²) in [5.74, 6) is -0.712. The van der Waals surface area contributed by atoms with E-state index in [-0.39, 0.29) is 0 Å². The Morgan fingerprint density at radius 1 is 1.75 bits per heavy atom. The summed E-state index contributed by atoms with van der Waals surface area (Å²) in [6, 6.07) is 0. The number of quaternary nitrogens is 1. The van der Waals surface area contributed by atoms with Crippen molar-refractivity contribution in [2.24, 2.45) is 0 Å². The zero-order chi connectivity index (χ0) is 9.78. The number of nitrogens with one attached hydrogen (secondary N) is 1. The molecule has 0 saturated carbocycles. The Balaban J connectivity index is 4.23. The predicted octanol–water partition coefficient (Wildman–Crippen LogP) is -1.80. The molecule has 0 fully saturated rings. The number of ether oxygens (including phenoxy) is 1. The fraction of sp³-hybridized carbons (Fsp3) is 0.500. The van der Waals surface area contributed by atoms with Gasteiger partial charge in [-0.05, 0) is 0 Å². The lowest BCUT2D eigenvalue weighted by Gasteiger charge is -2.25. The van der Waals surface area contributed by atoms with Crippen molar-refractivity contribution in [2.75, 3.05) is 7.11 Å². The molecule has 12 heavy (non-hydrogen) atoms. The van der Waals surface area contributed by atoms with Crippen LogP contribution in [0.4, 0.5) is 0 Å². The van der Waals surface area contributed by atoms with Crippen molar-refractivity contribution in [1.82, 2.24) is 0 Å². The van der Waals surface area contributed by atoms with Gasteiger partial charge in [0, 0.05) is 19.1 Å². The Morgan fingerprint density at radius 2 is 2.25 bits per heavy atom. The van der Waals surface area contributed by atoms with Crippen LogP contribution in [0.2, 0.25) is 0 Å². The zero-order valence-corrected chi connectivity index (χ0v) is 6.77. The SMILES string of the molecule is COC(=O)/C=C/C(C)(O)[NH+]([O-])O. The van der Waals surface area contributed by atoms with E-state index in [1.165, 1.54) is 0 Å². The number of carbonyl (C=O) groups is 1. The molecule has 0 aliphatic heterocycles. The molecule has 0 spiro atoms. The third kappa shape index (κ3) is 3.44. The monoisotopic (exact) mass is 177 g/mol. The summed E-state index contributed by atoms with van der Waals surface area (Å²) < 4.78 is 4.20. The first-order chi connectivity index (χ1) is 5.40. The highest BCUT2D eigenvalue weighted by Gasteiger charge is 2.23. The number of rotatable bonds is 3. The van der Waals surface area contributed by atoms with Gasteiger partial charge in [0.15, 0.2) is 0 Å². The average Bonchev–Trinajstić information content (AvgIpc) is 2.00. The van der Waals surface area contributed by atoms with E-state index in [1.54, 1.807) is 0 Å². The summed E-state index contributed by atoms with van der Waals surface area (Å²) in [6.45, 7) is 1.05. The topological polar surface area (TPSA) is 94.3 Å². The molecule has 0 rings (SSSR count). The highest BCUT2D eigenvalue weighted by molar-refractivity contribution is 5.81. The van der Waals surface area contributed by atoms with Crippen molar-refractivity contribution < 1.29 is 25.1 Å². The first kappa shape index (κ1) is 11.1. The van der Waals surface area contributed by atoms with Crippen molar-refractivity contribution in [2.45, 2.75) is 12.6 Å². The molecular weight excluding hydrogens is 166 g/mol. The van der Waals surface area contributed by atoms with Gasteiger partial charge in [0.25, 0.3) is 0 Å². The van der Waals surface area contributed by atoms with Crippen LogP contribution in [0, 0.1) is 5.21 Å². The van der Waals surface area contributed by atoms with Crippen LogP contribution < -0.4 is 5.23 Å². The van der Waals surface area contributed by atoms with Gasteiger partial charge < -0.3 is 15.1 Å². The number of carbonyl (C=O) groups excluding carboxylic acids is 1. The highest BCUT2D eigenvalue weighted by Crippen LogP contribution is 1.94. The lowest BCUT2D eigenvalue weighted by Crippen LogP contribution is -3.13. The molecule has 0 aliphatic rings. The summed E-state index contributed by atoms with van der Waals surface area (Å²) in [5, 5.41) is 26.3. The van der Waals surface area contributed by atoms with Gasteiger partial charge in [-0.1, -0.05) is 0 Å². The molecule has 3 N–H and O–H groups in total. The number of hydrogen-bond donors (Lipinski definition) is 3. The number of aliphatic hydroxyl groups is 1. The van der Waals surface area contributed by atoms with Gasteiger partial charge >= 0.3 is 5.97 Å². The molecule has 6 heteroatoms. The standard InChI is InChI=1S/C6H11NO5/c1-6(9,7(10)11)4-3-5(8)12-2/h3-4,7,9-10H,1-2H3/b4-3+. The Kier molecular flexibility index (Phi) is 3.84. The van der Waals surface area contributed by atoms with E-state index < -0.39 is 16.9 Å². The number of hydrogen-bond acceptors (Lipinski definition) is 5. The molecule has 0 amide bonds. The van der Waals surface area contributed by atoms with E-state index in [0.717, 1.165) is 26.2 Å². The van der Waals surface area contributed by atoms with E-state index in [4.69, 9.17) is 10.3 Å². The van der Waals surface area contributed by atoms with Gasteiger partial charge in [0.2, 0.25) is 5.72 Å². The van der Waals surface area contributed by atoms with Crippen LogP contribution in [0.1, 0.15) is 6.92 Å². The minimum absolute atomic E-state index is 0.712. The Labute approximate surface area is 69.2 Å². The lowest BCUT2D eigenvalue weighted by molar-refractivity contribution is -1.10. The molecule has 6 nitrogen and oxygen atoms in total. The van der Waals surface area contributed by atoms with Crippen molar-refractivity contribution in [3.63, 3.8) is 0 Å². The van der Waals surface area contributed by atoms with E-state index in [2.05, 4.69) is 4.74 Å². The summed E-state index contributed by atoms with van der Waals surface area (Å²) in [7, 11) is 1.15. The van der Waals surface area contributed by atoms with Crippen LogP contribution >= 0.6 is 0 Å². The van der Waals surface area contributed by atoms with Gasteiger partial charge in [-0.3, -0.25) is 0 Å². The second kappa shape index (κ2) is 4.17. The fourth-order valence-corrected chi connectivity index (χ4v) is 0.370. The Bertz CT molecular complexity index is 186. The minimum Gasteiger partial charge on any atom is -0.598 e. The van der Waals surface area contributed by atoms with E-state index in [0.29, 0.717) is 0 Å². The largest absolute Gasteiger partial charge is 0.598 e. The molecule has 70 valence electrons. The lowest BCUT2D eigenvalue weighted by atomic mass is 10.2. The summed E-state index contributed by atoms with van der Waals surface area (Å²) in [4.78, 5) is 10.5. The van der Waals surface area contributed by atoms with Gasteiger partial charge in [0.05, 0.1) is 7.11 Å². The van der Waals surface area contributed by atoms with Crippen LogP contribution in [-0.2, 0) is 9.53 Å². The number of esters is 1. The fourth-order valence-electron chi connectivity index (χ4n) is 0.370. The molecule has 0 aromatic carbocycles. The molecule has 2 atom stereocenters. The third-order valence-corrected chi connectivity index (χ3v) is 1.18. The molecule has 0 saturated heterocycles. The van der Waals surface area contributed by atoms with Crippen molar-refractivity contribution in [1.29, 1.82) is 0 Å². The minimum atomic E-state index is -2.03. The zero-order valence-electron chi connectivity index (χ0n) is 6.77. The van der Waals surface area contributed by atoms with Gasteiger partial charge in [0.1, 0.15) is 0 Å². The van der Waals surface area contributed by atoms with Crippen molar-refractivity contribution >= 4 is 5.97 Å². The first-order valence-electron chi connectivity index (χ1n) is 3.13. The van der Waals surface area contributed by atoms with Crippen LogP contribution in [-0.4, -0.2) is 29.1 Å². The summed E-state index contributed by atoms with van der Waals surface area (Å²) in [5.41, 5.74) is -2.03. The molecule has 2 unspecified atom stereocenters. The maximum absolute atomic E-state index is 10.5. The molecule has 0 bridgehead atoms. The normalized spacial score (nSPS) is 18.8. The quantitative estimate of drug-likeness (QED) is 0.204. The van der Waals surface area contributed by atoms with Crippen LogP contribution in [0.15, 0.2) is 12.2 Å². The second-order valence-electron chi connectivity index (χ2n) is 2.31. The number of methoxy groups -OCH3 is 1. The van der Waals surface area contributed by atoms with Crippen LogP contribution in [0.25, 0.3) is 0 Å². The predicted molar refractivity (Wildman–Crippen MR) is 37.9 cm³/mol. The smallest absolute Gasteiger partial charge is 0.330 e. The molecule has 0 aromatic rings. The molecule has 0 aliphatic carbocycles. The van der Waals surface area contributed by atoms with Crippen molar-refractivity contribution in [3.05, 3.63) is 17.4 Å². The van der Waals surface area contributed by atoms with Gasteiger partial charge in [-0.15, -0.1) is 0 Å². The number of hydroxylamine groups is 2. The third-order valence-electron chi connectivity index (χ3n) is 1.18. The Morgan fingerprint density at radius 3 is 2.58 bits per heavy atom. The first-order valence-corrected chi connectivity index (χ1v) is 3.13. The maximum atomic E-state index is 10.5. The second-order valence-corrected chi connectivity index (χ2v) is 2.31. The molecule has 0 heterocycles. The molecule has 0 radical (unpaired) electrons. The summed E-state index contributed by atoms with van der Waals surface area (Å²) in [6.07, 6.45) is 1.70. The van der Waals surface area contributed by atoms with Gasteiger partial charge in [-0.25, -0.2) is 10.0 Å². The average molecular weight is 177 g/mol. The van der Waals surface area contributed by atoms with Crippen molar-refractivity contribution in [3.8, 4) is 0 Å². The summed E-state index contributed by atoms with van der Waals surface area (Å²) >= 11 is 0.